The Morgan fingerprint density at radius 1 is 1.22 bits per heavy atom. The molecule has 7 nitrogen and oxygen atoms in total. The molecule has 0 radical (unpaired) electrons. The molecule has 7 heteroatoms. The van der Waals surface area contributed by atoms with Crippen LogP contribution in [0, 0.1) is 5.92 Å². The number of nitrogens with one attached hydrogen (secondary N) is 1. The van der Waals surface area contributed by atoms with E-state index in [0.29, 0.717) is 0 Å². The molecule has 0 bridgehead atoms. The van der Waals surface area contributed by atoms with E-state index in [1.54, 1.807) is 0 Å². The number of ether oxygens (including phenoxy) is 1. The minimum absolute atomic E-state index is 0.148. The monoisotopic (exact) mass is 263 g/mol. The van der Waals surface area contributed by atoms with E-state index in [1.165, 1.54) is 0 Å². The first kappa shape index (κ1) is 15.3. The van der Waals surface area contributed by atoms with Gasteiger partial charge in [-0.2, -0.15) is 0 Å². The van der Waals surface area contributed by atoms with E-state index in [4.69, 9.17) is 9.84 Å². The summed E-state index contributed by atoms with van der Waals surface area (Å²) in [4.78, 5) is 11.5. The standard InChI is InChI=1S/C11H21NO6/c1-5(2)3-7(14)12-11-10(17)9(16)8(15)6(4-13)18-11/h5-6,8-11,13,15-17H,3-4H2,1-2H3,(H,12,14)/t6?,8-,9+,10?,11-/m1/s1. The summed E-state index contributed by atoms with van der Waals surface area (Å²) < 4.78 is 5.14. The lowest BCUT2D eigenvalue weighted by Gasteiger charge is -2.40. The Kier molecular flexibility index (Phi) is 5.48. The quantitative estimate of drug-likeness (QED) is 0.398. The first-order valence-electron chi connectivity index (χ1n) is 5.96. The highest BCUT2D eigenvalue weighted by molar-refractivity contribution is 5.76. The van der Waals surface area contributed by atoms with Crippen LogP contribution in [0.3, 0.4) is 0 Å². The van der Waals surface area contributed by atoms with Gasteiger partial charge in [0.15, 0.2) is 6.23 Å². The average molecular weight is 263 g/mol. The molecule has 0 aliphatic carbocycles. The van der Waals surface area contributed by atoms with Crippen LogP contribution in [0.4, 0.5) is 0 Å². The fraction of sp³-hybridized carbons (Fsp3) is 0.909. The molecule has 0 spiro atoms. The van der Waals surface area contributed by atoms with Gasteiger partial charge >= 0.3 is 0 Å². The Balaban J connectivity index is 2.61. The number of hydrogen-bond acceptors (Lipinski definition) is 6. The smallest absolute Gasteiger partial charge is 0.222 e. The van der Waals surface area contributed by atoms with Gasteiger partial charge in [-0.3, -0.25) is 4.79 Å². The van der Waals surface area contributed by atoms with Crippen LogP contribution in [0.2, 0.25) is 0 Å². The van der Waals surface area contributed by atoms with Gasteiger partial charge in [-0.1, -0.05) is 13.8 Å². The van der Waals surface area contributed by atoms with E-state index < -0.39 is 37.3 Å². The van der Waals surface area contributed by atoms with Crippen LogP contribution in [0.5, 0.6) is 0 Å². The third-order valence-electron chi connectivity index (χ3n) is 2.79. The van der Waals surface area contributed by atoms with Gasteiger partial charge in [-0.05, 0) is 5.92 Å². The lowest BCUT2D eigenvalue weighted by Crippen LogP contribution is -2.63. The van der Waals surface area contributed by atoms with E-state index in [-0.39, 0.29) is 18.2 Å². The summed E-state index contributed by atoms with van der Waals surface area (Å²) >= 11 is 0. The van der Waals surface area contributed by atoms with Crippen molar-refractivity contribution in [1.29, 1.82) is 0 Å². The van der Waals surface area contributed by atoms with Crippen molar-refractivity contribution in [3.63, 3.8) is 0 Å². The van der Waals surface area contributed by atoms with E-state index >= 15 is 0 Å². The second-order valence-corrected chi connectivity index (χ2v) is 4.91. The molecule has 0 aromatic rings. The van der Waals surface area contributed by atoms with Gasteiger partial charge in [0.1, 0.15) is 24.4 Å². The van der Waals surface area contributed by atoms with Gasteiger partial charge in [-0.15, -0.1) is 0 Å². The van der Waals surface area contributed by atoms with E-state index in [9.17, 15) is 20.1 Å². The molecule has 1 fully saturated rings. The van der Waals surface area contributed by atoms with Crippen molar-refractivity contribution in [2.75, 3.05) is 6.61 Å². The zero-order valence-electron chi connectivity index (χ0n) is 10.5. The molecular formula is C11H21NO6. The van der Waals surface area contributed by atoms with Crippen LogP contribution < -0.4 is 5.32 Å². The Hall–Kier alpha value is -0.730. The minimum Gasteiger partial charge on any atom is -0.394 e. The minimum atomic E-state index is -1.47. The number of hydrogen-bond donors (Lipinski definition) is 5. The van der Waals surface area contributed by atoms with Gasteiger partial charge in [0.25, 0.3) is 0 Å². The molecule has 1 saturated heterocycles. The summed E-state index contributed by atoms with van der Waals surface area (Å²) in [6.45, 7) is 3.22. The van der Waals surface area contributed by atoms with Crippen molar-refractivity contribution in [2.24, 2.45) is 5.92 Å². The molecule has 2 unspecified atom stereocenters. The van der Waals surface area contributed by atoms with Crippen LogP contribution in [-0.4, -0.2) is 63.6 Å². The number of carbonyl (C=O) groups excluding carboxylic acids is 1. The largest absolute Gasteiger partial charge is 0.394 e. The highest BCUT2D eigenvalue weighted by Crippen LogP contribution is 2.19. The predicted molar refractivity (Wildman–Crippen MR) is 61.4 cm³/mol. The van der Waals surface area contributed by atoms with Crippen LogP contribution >= 0.6 is 0 Å². The van der Waals surface area contributed by atoms with Crippen molar-refractivity contribution >= 4 is 5.91 Å². The third kappa shape index (κ3) is 3.63. The third-order valence-corrected chi connectivity index (χ3v) is 2.79. The zero-order chi connectivity index (χ0) is 13.9. The van der Waals surface area contributed by atoms with Gasteiger partial charge in [0, 0.05) is 6.42 Å². The summed E-state index contributed by atoms with van der Waals surface area (Å²) in [5, 5.41) is 40.1. The van der Waals surface area contributed by atoms with Gasteiger partial charge < -0.3 is 30.5 Å². The van der Waals surface area contributed by atoms with E-state index in [1.807, 2.05) is 13.8 Å². The molecule has 0 aromatic carbocycles. The van der Waals surface area contributed by atoms with Crippen molar-refractivity contribution in [2.45, 2.75) is 50.9 Å². The van der Waals surface area contributed by atoms with Gasteiger partial charge in [0.05, 0.1) is 6.61 Å². The van der Waals surface area contributed by atoms with Gasteiger partial charge in [-0.25, -0.2) is 0 Å². The summed E-state index contributed by atoms with van der Waals surface area (Å²) in [5.74, 6) is -0.177. The van der Waals surface area contributed by atoms with Crippen molar-refractivity contribution < 1.29 is 30.0 Å². The molecule has 1 heterocycles. The lowest BCUT2D eigenvalue weighted by atomic mass is 9.98. The van der Waals surface area contributed by atoms with Crippen LogP contribution in [0.1, 0.15) is 20.3 Å². The Labute approximate surface area is 105 Å². The predicted octanol–water partition coefficient (Wildman–Crippen LogP) is -2.05. The molecule has 106 valence electrons. The molecule has 0 saturated carbocycles. The number of aliphatic hydroxyl groups excluding tert-OH is 4. The topological polar surface area (TPSA) is 119 Å². The van der Waals surface area contributed by atoms with Crippen molar-refractivity contribution in [1.82, 2.24) is 5.32 Å². The Bertz CT molecular complexity index is 283. The second kappa shape index (κ2) is 6.44. The van der Waals surface area contributed by atoms with E-state index in [2.05, 4.69) is 5.32 Å². The van der Waals surface area contributed by atoms with Crippen LogP contribution in [0.25, 0.3) is 0 Å². The maximum Gasteiger partial charge on any atom is 0.222 e. The molecule has 1 aliphatic rings. The average Bonchev–Trinajstić information content (AvgIpc) is 2.29. The first-order chi connectivity index (χ1) is 8.36. The van der Waals surface area contributed by atoms with Crippen LogP contribution in [0.15, 0.2) is 0 Å². The van der Waals surface area contributed by atoms with Crippen LogP contribution in [-0.2, 0) is 9.53 Å². The molecule has 5 atom stereocenters. The molecule has 1 amide bonds. The molecule has 1 rings (SSSR count). The highest BCUT2D eigenvalue weighted by Gasteiger charge is 2.43. The van der Waals surface area contributed by atoms with Crippen molar-refractivity contribution in [3.8, 4) is 0 Å². The molecule has 1 aliphatic heterocycles. The fourth-order valence-corrected chi connectivity index (χ4v) is 1.81. The summed E-state index contributed by atoms with van der Waals surface area (Å²) in [7, 11) is 0. The number of rotatable bonds is 4. The lowest BCUT2D eigenvalue weighted by molar-refractivity contribution is -0.236. The molecule has 0 aromatic heterocycles. The number of aliphatic hydroxyl groups is 4. The number of carbonyl (C=O) groups is 1. The highest BCUT2D eigenvalue weighted by atomic mass is 16.6. The number of amides is 1. The maximum absolute atomic E-state index is 11.5. The first-order valence-corrected chi connectivity index (χ1v) is 5.96. The Morgan fingerprint density at radius 3 is 2.33 bits per heavy atom. The van der Waals surface area contributed by atoms with Crippen molar-refractivity contribution in [3.05, 3.63) is 0 Å². The normalized spacial score (nSPS) is 36.7. The fourth-order valence-electron chi connectivity index (χ4n) is 1.81. The summed E-state index contributed by atoms with van der Waals surface area (Å²) in [5.41, 5.74) is 0. The van der Waals surface area contributed by atoms with Gasteiger partial charge in [0.2, 0.25) is 5.91 Å². The van der Waals surface area contributed by atoms with E-state index in [0.717, 1.165) is 0 Å². The summed E-state index contributed by atoms with van der Waals surface area (Å²) in [6, 6.07) is 0. The molecular weight excluding hydrogens is 242 g/mol. The molecule has 5 N–H and O–H groups in total. The zero-order valence-corrected chi connectivity index (χ0v) is 10.5. The summed E-state index contributed by atoms with van der Waals surface area (Å²) in [6.07, 6.45) is -6.20. The Morgan fingerprint density at radius 2 is 1.83 bits per heavy atom. The molecule has 18 heavy (non-hydrogen) atoms. The maximum atomic E-state index is 11.5. The second-order valence-electron chi connectivity index (χ2n) is 4.91. The SMILES string of the molecule is CC(C)CC(=O)N[C@@H]1OC(CO)[C@@H](O)[C@H](O)C1O.